The Kier molecular flexibility index (Phi) is 6.50. The Morgan fingerprint density at radius 3 is 2.85 bits per heavy atom. The fraction of sp³-hybridized carbons (Fsp3) is 0.600. The normalized spacial score (nSPS) is 20.5. The molecule has 1 aromatic rings. The highest BCUT2D eigenvalue weighted by Crippen LogP contribution is 2.27. The van der Waals surface area contributed by atoms with Crippen LogP contribution in [0.3, 0.4) is 0 Å². The van der Waals surface area contributed by atoms with Crippen molar-refractivity contribution < 1.29 is 9.53 Å². The molecule has 0 radical (unpaired) electrons. The lowest BCUT2D eigenvalue weighted by Gasteiger charge is -2.25. The molecule has 1 atom stereocenters. The quantitative estimate of drug-likeness (QED) is 0.606. The molecule has 0 spiro atoms. The number of carbonyl (C=O) groups excluding carboxylic acids is 1. The molecule has 1 amide bonds. The lowest BCUT2D eigenvalue weighted by Crippen LogP contribution is -2.41. The third kappa shape index (κ3) is 4.97. The average Bonchev–Trinajstić information content (AvgIpc) is 3.07. The van der Waals surface area contributed by atoms with Crippen molar-refractivity contribution in [1.29, 1.82) is 0 Å². The monoisotopic (exact) mass is 358 g/mol. The molecule has 1 aliphatic heterocycles. The molecule has 6 heteroatoms. The number of aliphatic imine (C=N–C) groups is 1. The number of hydrogen-bond acceptors (Lipinski definition) is 3. The minimum atomic E-state index is 0.149. The third-order valence-corrected chi connectivity index (χ3v) is 5.25. The minimum absolute atomic E-state index is 0.149. The first-order chi connectivity index (χ1) is 12.7. The molecule has 6 nitrogen and oxygen atoms in total. The summed E-state index contributed by atoms with van der Waals surface area (Å²) >= 11 is 0. The van der Waals surface area contributed by atoms with Crippen LogP contribution in [0.4, 0.5) is 5.69 Å². The second kappa shape index (κ2) is 9.03. The van der Waals surface area contributed by atoms with Gasteiger partial charge in [0.05, 0.1) is 6.61 Å². The van der Waals surface area contributed by atoms with Crippen molar-refractivity contribution in [2.45, 2.75) is 32.2 Å². The van der Waals surface area contributed by atoms with E-state index in [0.717, 1.165) is 56.2 Å². The summed E-state index contributed by atoms with van der Waals surface area (Å²) in [6.45, 7) is 3.32. The summed E-state index contributed by atoms with van der Waals surface area (Å²) in [5.74, 6) is 1.80. The molecule has 2 fully saturated rings. The van der Waals surface area contributed by atoms with E-state index in [-0.39, 0.29) is 11.8 Å². The van der Waals surface area contributed by atoms with E-state index < -0.39 is 0 Å². The van der Waals surface area contributed by atoms with Crippen LogP contribution in [-0.4, -0.2) is 50.6 Å². The van der Waals surface area contributed by atoms with Crippen molar-refractivity contribution in [1.82, 2.24) is 10.2 Å². The molecule has 1 unspecified atom stereocenters. The van der Waals surface area contributed by atoms with E-state index in [1.54, 1.807) is 7.05 Å². The van der Waals surface area contributed by atoms with Gasteiger partial charge in [-0.1, -0.05) is 18.6 Å². The van der Waals surface area contributed by atoms with E-state index in [1.807, 2.05) is 18.2 Å². The maximum atomic E-state index is 12.1. The summed E-state index contributed by atoms with van der Waals surface area (Å²) in [6.07, 6.45) is 4.31. The first-order valence-corrected chi connectivity index (χ1v) is 9.55. The van der Waals surface area contributed by atoms with Crippen molar-refractivity contribution in [3.8, 4) is 0 Å². The summed E-state index contributed by atoms with van der Waals surface area (Å²) in [4.78, 5) is 18.6. The smallest absolute Gasteiger partial charge is 0.227 e. The highest BCUT2D eigenvalue weighted by Gasteiger charge is 2.25. The number of carbonyl (C=O) groups is 1. The van der Waals surface area contributed by atoms with Crippen LogP contribution in [0.15, 0.2) is 29.3 Å². The van der Waals surface area contributed by atoms with Crippen LogP contribution >= 0.6 is 0 Å². The van der Waals surface area contributed by atoms with Gasteiger partial charge in [-0.2, -0.15) is 0 Å². The van der Waals surface area contributed by atoms with Gasteiger partial charge >= 0.3 is 0 Å². The van der Waals surface area contributed by atoms with Crippen LogP contribution in [0.5, 0.6) is 0 Å². The highest BCUT2D eigenvalue weighted by molar-refractivity contribution is 5.93. The summed E-state index contributed by atoms with van der Waals surface area (Å²) in [6, 6.07) is 8.02. The Hall–Kier alpha value is -2.08. The lowest BCUT2D eigenvalue weighted by molar-refractivity contribution is -0.122. The van der Waals surface area contributed by atoms with Crippen LogP contribution in [0, 0.1) is 11.8 Å². The number of rotatable bonds is 6. The molecule has 0 bridgehead atoms. The zero-order valence-corrected chi connectivity index (χ0v) is 15.8. The Balaban J connectivity index is 1.50. The summed E-state index contributed by atoms with van der Waals surface area (Å²) in [5, 5.41) is 6.44. The zero-order valence-electron chi connectivity index (χ0n) is 15.8. The van der Waals surface area contributed by atoms with Crippen LogP contribution in [0.25, 0.3) is 0 Å². The average molecular weight is 358 g/mol. The van der Waals surface area contributed by atoms with Gasteiger partial charge < -0.3 is 20.3 Å². The van der Waals surface area contributed by atoms with Crippen molar-refractivity contribution in [2.75, 3.05) is 39.2 Å². The van der Waals surface area contributed by atoms with Crippen molar-refractivity contribution in [3.63, 3.8) is 0 Å². The second-order valence-corrected chi connectivity index (χ2v) is 7.33. The highest BCUT2D eigenvalue weighted by atomic mass is 16.5. The Bertz CT molecular complexity index is 636. The Morgan fingerprint density at radius 2 is 2.19 bits per heavy atom. The van der Waals surface area contributed by atoms with Crippen molar-refractivity contribution in [3.05, 3.63) is 29.8 Å². The van der Waals surface area contributed by atoms with Gasteiger partial charge in [0.15, 0.2) is 5.96 Å². The SMILES string of the molecule is CN=C(NCc1cccc(NC(=O)C2CCC2)c1)N(C)CC1CCOC1. The van der Waals surface area contributed by atoms with Gasteiger partial charge in [-0.05, 0) is 37.0 Å². The number of nitrogens with one attached hydrogen (secondary N) is 2. The maximum absolute atomic E-state index is 12.1. The molecule has 2 N–H and O–H groups in total. The molecule has 1 aromatic carbocycles. The molecule has 0 aromatic heterocycles. The first-order valence-electron chi connectivity index (χ1n) is 9.55. The largest absolute Gasteiger partial charge is 0.381 e. The zero-order chi connectivity index (χ0) is 18.4. The van der Waals surface area contributed by atoms with Crippen LogP contribution < -0.4 is 10.6 Å². The molecule has 1 aliphatic carbocycles. The number of anilines is 1. The van der Waals surface area contributed by atoms with Crippen molar-refractivity contribution >= 4 is 17.6 Å². The molecule has 26 heavy (non-hydrogen) atoms. The first kappa shape index (κ1) is 18.7. The summed E-state index contributed by atoms with van der Waals surface area (Å²) in [5.41, 5.74) is 1.99. The number of benzene rings is 1. The molecule has 3 rings (SSSR count). The fourth-order valence-electron chi connectivity index (χ4n) is 3.44. The fourth-order valence-corrected chi connectivity index (χ4v) is 3.44. The van der Waals surface area contributed by atoms with Gasteiger partial charge in [-0.15, -0.1) is 0 Å². The van der Waals surface area contributed by atoms with E-state index in [9.17, 15) is 4.79 Å². The number of amides is 1. The predicted molar refractivity (Wildman–Crippen MR) is 104 cm³/mol. The van der Waals surface area contributed by atoms with E-state index in [1.165, 1.54) is 6.42 Å². The van der Waals surface area contributed by atoms with Gasteiger partial charge in [0.1, 0.15) is 0 Å². The van der Waals surface area contributed by atoms with E-state index in [2.05, 4.69) is 33.6 Å². The maximum Gasteiger partial charge on any atom is 0.227 e. The Labute approximate surface area is 156 Å². The standard InChI is InChI=1S/C20H30N4O2/c1-21-20(24(2)13-16-9-10-26-14-16)22-12-15-5-3-8-18(11-15)23-19(25)17-6-4-7-17/h3,5,8,11,16-17H,4,6-7,9-10,12-14H2,1-2H3,(H,21,22)(H,23,25). The molecule has 1 heterocycles. The Morgan fingerprint density at radius 1 is 1.35 bits per heavy atom. The third-order valence-electron chi connectivity index (χ3n) is 5.25. The van der Waals surface area contributed by atoms with Crippen LogP contribution in [-0.2, 0) is 16.1 Å². The molecular formula is C20H30N4O2. The van der Waals surface area contributed by atoms with Gasteiger partial charge in [0.2, 0.25) is 5.91 Å². The van der Waals surface area contributed by atoms with Gasteiger partial charge in [-0.3, -0.25) is 9.79 Å². The molecule has 1 saturated carbocycles. The molecule has 1 saturated heterocycles. The molecule has 142 valence electrons. The predicted octanol–water partition coefficient (Wildman–Crippen LogP) is 2.47. The number of guanidine groups is 1. The molecular weight excluding hydrogens is 328 g/mol. The number of nitrogens with zero attached hydrogens (tertiary/aromatic N) is 2. The van der Waals surface area contributed by atoms with Gasteiger partial charge in [-0.25, -0.2) is 0 Å². The lowest BCUT2D eigenvalue weighted by atomic mass is 9.85. The van der Waals surface area contributed by atoms with Crippen LogP contribution in [0.1, 0.15) is 31.2 Å². The van der Waals surface area contributed by atoms with Crippen LogP contribution in [0.2, 0.25) is 0 Å². The summed E-state index contributed by atoms with van der Waals surface area (Å²) in [7, 11) is 3.86. The van der Waals surface area contributed by atoms with Gasteiger partial charge in [0, 0.05) is 51.3 Å². The van der Waals surface area contributed by atoms with Gasteiger partial charge in [0.25, 0.3) is 0 Å². The molecule has 2 aliphatic rings. The van der Waals surface area contributed by atoms with E-state index in [0.29, 0.717) is 12.5 Å². The second-order valence-electron chi connectivity index (χ2n) is 7.33. The number of hydrogen-bond donors (Lipinski definition) is 2. The summed E-state index contributed by atoms with van der Waals surface area (Å²) < 4.78 is 5.45. The topological polar surface area (TPSA) is 66.0 Å². The number of ether oxygens (including phenoxy) is 1. The minimum Gasteiger partial charge on any atom is -0.381 e. The van der Waals surface area contributed by atoms with E-state index in [4.69, 9.17) is 4.74 Å². The van der Waals surface area contributed by atoms with E-state index >= 15 is 0 Å². The van der Waals surface area contributed by atoms with Crippen molar-refractivity contribution in [2.24, 2.45) is 16.8 Å².